The van der Waals surface area contributed by atoms with Crippen LogP contribution in [0.5, 0.6) is 0 Å². The highest BCUT2D eigenvalue weighted by Crippen LogP contribution is 2.28. The second-order valence-corrected chi connectivity index (χ2v) is 7.12. The van der Waals surface area contributed by atoms with Crippen LogP contribution in [0.2, 0.25) is 0 Å². The molecule has 2 rings (SSSR count). The molecule has 0 saturated heterocycles. The smallest absolute Gasteiger partial charge is 0.297 e. The summed E-state index contributed by atoms with van der Waals surface area (Å²) < 4.78 is 31.5. The van der Waals surface area contributed by atoms with E-state index in [1.807, 2.05) is 6.92 Å². The number of benzene rings is 1. The second-order valence-electron chi connectivity index (χ2n) is 4.51. The van der Waals surface area contributed by atoms with Crippen LogP contribution in [0.3, 0.4) is 0 Å². The third kappa shape index (κ3) is 3.20. The summed E-state index contributed by atoms with van der Waals surface area (Å²) in [6, 6.07) is 5.95. The Morgan fingerprint density at radius 2 is 2.00 bits per heavy atom. The largest absolute Gasteiger partial charge is 0.439 e. The first-order chi connectivity index (χ1) is 10.0. The van der Waals surface area contributed by atoms with Gasteiger partial charge in [0.05, 0.1) is 17.2 Å². The van der Waals surface area contributed by atoms with Gasteiger partial charge in [-0.1, -0.05) is 33.6 Å². The molecule has 0 saturated carbocycles. The Morgan fingerprint density at radius 1 is 1.33 bits per heavy atom. The molecule has 1 aliphatic heterocycles. The van der Waals surface area contributed by atoms with Crippen LogP contribution in [0.25, 0.3) is 0 Å². The van der Waals surface area contributed by atoms with Gasteiger partial charge in [0.1, 0.15) is 0 Å². The number of sulfonamides is 1. The maximum atomic E-state index is 12.8. The lowest BCUT2D eigenvalue weighted by Crippen LogP contribution is -2.41. The minimum absolute atomic E-state index is 0.110. The van der Waals surface area contributed by atoms with Crippen molar-refractivity contribution in [3.8, 4) is 0 Å². The fraction of sp³-hybridized carbons (Fsp3) is 0.286. The Balaban J connectivity index is 2.50. The zero-order valence-electron chi connectivity index (χ0n) is 11.3. The number of nitrogens with zero attached hydrogens (tertiary/aromatic N) is 1. The lowest BCUT2D eigenvalue weighted by Gasteiger charge is -2.32. The van der Waals surface area contributed by atoms with Gasteiger partial charge in [0.15, 0.2) is 5.94 Å². The van der Waals surface area contributed by atoms with E-state index < -0.39 is 16.1 Å². The van der Waals surface area contributed by atoms with Gasteiger partial charge >= 0.3 is 0 Å². The molecule has 0 aromatic heterocycles. The van der Waals surface area contributed by atoms with Crippen molar-refractivity contribution >= 4 is 31.9 Å². The van der Waals surface area contributed by atoms with Crippen molar-refractivity contribution in [1.29, 1.82) is 0 Å². The highest BCUT2D eigenvalue weighted by atomic mass is 79.9. The first-order valence-electron chi connectivity index (χ1n) is 6.26. The van der Waals surface area contributed by atoms with E-state index >= 15 is 0 Å². The van der Waals surface area contributed by atoms with E-state index in [2.05, 4.69) is 15.9 Å². The van der Waals surface area contributed by atoms with Crippen LogP contribution in [0.1, 0.15) is 12.0 Å². The molecule has 1 atom stereocenters. The summed E-state index contributed by atoms with van der Waals surface area (Å²) in [6.45, 7) is 1.87. The normalized spacial score (nSPS) is 18.3. The Bertz CT molecular complexity index is 690. The maximum absolute atomic E-state index is 12.8. The lowest BCUT2D eigenvalue weighted by molar-refractivity contribution is 0.207. The van der Waals surface area contributed by atoms with Gasteiger partial charge in [-0.2, -0.15) is 0 Å². The summed E-state index contributed by atoms with van der Waals surface area (Å²) in [7, 11) is -3.87. The fourth-order valence-electron chi connectivity index (χ4n) is 1.98. The lowest BCUT2D eigenvalue weighted by atomic mass is 10.2. The van der Waals surface area contributed by atoms with Crippen molar-refractivity contribution in [3.05, 3.63) is 48.1 Å². The summed E-state index contributed by atoms with van der Waals surface area (Å²) >= 11 is 3.28. The first-order valence-corrected chi connectivity index (χ1v) is 8.82. The average molecular weight is 372 g/mol. The van der Waals surface area contributed by atoms with E-state index in [-0.39, 0.29) is 10.8 Å². The molecule has 1 aromatic rings. The van der Waals surface area contributed by atoms with Crippen LogP contribution in [-0.2, 0) is 19.6 Å². The number of ether oxygens (including phenoxy) is 1. The van der Waals surface area contributed by atoms with E-state index in [1.165, 1.54) is 18.4 Å². The minimum atomic E-state index is -3.87. The van der Waals surface area contributed by atoms with Gasteiger partial charge in [0, 0.05) is 5.33 Å². The monoisotopic (exact) mass is 371 g/mol. The SMILES string of the molecule is Cc1ccc(S(=O)(=O)N2C(=C=O)OC=C[C@H]2CCBr)cc1. The van der Waals surface area contributed by atoms with E-state index in [9.17, 15) is 13.2 Å². The standard InChI is InChI=1S/C14H14BrNO4S/c1-11-2-4-13(5-3-11)21(18,19)16-12(6-8-15)7-9-20-14(16)10-17/h2-5,7,9,12H,6,8H2,1H3/t12-/m1/s1. The van der Waals surface area contributed by atoms with Crippen molar-refractivity contribution in [2.24, 2.45) is 0 Å². The van der Waals surface area contributed by atoms with Crippen molar-refractivity contribution in [2.75, 3.05) is 5.33 Å². The highest BCUT2D eigenvalue weighted by molar-refractivity contribution is 9.09. The number of aryl methyl sites for hydroxylation is 1. The van der Waals surface area contributed by atoms with Crippen LogP contribution in [0, 0.1) is 6.92 Å². The number of hydrogen-bond acceptors (Lipinski definition) is 4. The van der Waals surface area contributed by atoms with Gasteiger partial charge in [0.2, 0.25) is 0 Å². The summed E-state index contributed by atoms with van der Waals surface area (Å²) in [5.74, 6) is 1.21. The summed E-state index contributed by atoms with van der Waals surface area (Å²) in [6.07, 6.45) is 3.43. The summed E-state index contributed by atoms with van der Waals surface area (Å²) in [4.78, 5) is 11.1. The van der Waals surface area contributed by atoms with Crippen LogP contribution in [-0.4, -0.2) is 30.0 Å². The quantitative estimate of drug-likeness (QED) is 0.601. The number of hydrogen-bond donors (Lipinski definition) is 0. The Labute approximate surface area is 132 Å². The van der Waals surface area contributed by atoms with Crippen LogP contribution in [0.15, 0.2) is 47.4 Å². The average Bonchev–Trinajstić information content (AvgIpc) is 2.47. The topological polar surface area (TPSA) is 63.7 Å². The number of rotatable bonds is 4. The molecule has 0 bridgehead atoms. The highest BCUT2D eigenvalue weighted by Gasteiger charge is 2.35. The van der Waals surface area contributed by atoms with Crippen molar-refractivity contribution in [1.82, 2.24) is 4.31 Å². The minimum Gasteiger partial charge on any atom is -0.439 e. The van der Waals surface area contributed by atoms with Crippen molar-refractivity contribution in [2.45, 2.75) is 24.3 Å². The van der Waals surface area contributed by atoms with E-state index in [0.717, 1.165) is 9.87 Å². The molecule has 5 nitrogen and oxygen atoms in total. The predicted octanol–water partition coefficient (Wildman–Crippen LogP) is 2.36. The molecule has 0 spiro atoms. The number of alkyl halides is 1. The molecule has 112 valence electrons. The number of carbonyl (C=O) groups excluding carboxylic acids is 1. The predicted molar refractivity (Wildman–Crippen MR) is 81.8 cm³/mol. The zero-order chi connectivity index (χ0) is 15.5. The Kier molecular flexibility index (Phi) is 4.88. The Morgan fingerprint density at radius 3 is 2.57 bits per heavy atom. The van der Waals surface area contributed by atoms with Crippen LogP contribution >= 0.6 is 15.9 Å². The fourth-order valence-corrected chi connectivity index (χ4v) is 3.99. The van der Waals surface area contributed by atoms with Gasteiger partial charge in [0.25, 0.3) is 15.9 Å². The molecule has 21 heavy (non-hydrogen) atoms. The molecular weight excluding hydrogens is 358 g/mol. The summed E-state index contributed by atoms with van der Waals surface area (Å²) in [5, 5.41) is 0.591. The van der Waals surface area contributed by atoms with E-state index in [1.54, 1.807) is 24.2 Å². The molecule has 1 aliphatic rings. The molecule has 0 unspecified atom stereocenters. The van der Waals surface area contributed by atoms with Crippen molar-refractivity contribution < 1.29 is 17.9 Å². The summed E-state index contributed by atoms with van der Waals surface area (Å²) in [5.41, 5.74) is 0.951. The maximum Gasteiger partial charge on any atom is 0.297 e. The van der Waals surface area contributed by atoms with E-state index in [4.69, 9.17) is 4.74 Å². The zero-order valence-corrected chi connectivity index (χ0v) is 13.7. The Hall–Kier alpha value is -1.56. The van der Waals surface area contributed by atoms with E-state index in [0.29, 0.717) is 11.8 Å². The molecular formula is C14H14BrNO4S. The molecule has 1 aromatic carbocycles. The number of halogens is 1. The van der Waals surface area contributed by atoms with Gasteiger partial charge < -0.3 is 4.74 Å². The van der Waals surface area contributed by atoms with Gasteiger partial charge in [-0.25, -0.2) is 17.5 Å². The van der Waals surface area contributed by atoms with Gasteiger partial charge in [-0.15, -0.1) is 0 Å². The molecule has 7 heteroatoms. The molecule has 0 aliphatic carbocycles. The van der Waals surface area contributed by atoms with Gasteiger partial charge in [-0.05, 0) is 31.6 Å². The molecule has 0 radical (unpaired) electrons. The molecule has 0 amide bonds. The van der Waals surface area contributed by atoms with Crippen molar-refractivity contribution in [3.63, 3.8) is 0 Å². The third-order valence-electron chi connectivity index (χ3n) is 3.05. The molecule has 0 fully saturated rings. The van der Waals surface area contributed by atoms with Crippen LogP contribution in [0.4, 0.5) is 0 Å². The molecule has 1 heterocycles. The first kappa shape index (κ1) is 15.8. The van der Waals surface area contributed by atoms with Crippen LogP contribution < -0.4 is 0 Å². The molecule has 0 N–H and O–H groups in total. The van der Waals surface area contributed by atoms with Gasteiger partial charge in [-0.3, -0.25) is 0 Å². The second kappa shape index (κ2) is 6.47. The third-order valence-corrected chi connectivity index (χ3v) is 5.33.